The van der Waals surface area contributed by atoms with Crippen LogP contribution in [0.3, 0.4) is 0 Å². The highest BCUT2D eigenvalue weighted by Crippen LogP contribution is 2.48. The molecule has 1 aliphatic heterocycles. The number of aliphatic carboxylic acids is 1. The number of allylic oxidation sites excluding steroid dienone is 2. The third-order valence-electron chi connectivity index (χ3n) is 5.44. The van der Waals surface area contributed by atoms with Crippen LogP contribution in [0.5, 0.6) is 5.75 Å². The number of dihydropyridines is 1. The van der Waals surface area contributed by atoms with Crippen molar-refractivity contribution in [3.8, 4) is 5.75 Å². The van der Waals surface area contributed by atoms with Crippen LogP contribution in [0, 0.1) is 0 Å². The first-order valence-electron chi connectivity index (χ1n) is 10.1. The number of carboxylic acids is 1. The summed E-state index contributed by atoms with van der Waals surface area (Å²) in [5, 5.41) is 12.2. The van der Waals surface area contributed by atoms with E-state index in [-0.39, 0.29) is 33.8 Å². The molecule has 170 valence electrons. The number of carbonyl (C=O) groups excluding carboxylic acids is 2. The first-order valence-corrected chi connectivity index (χ1v) is 10.9. The first kappa shape index (κ1) is 22.9. The van der Waals surface area contributed by atoms with Crippen LogP contribution < -0.4 is 10.1 Å². The van der Waals surface area contributed by atoms with Crippen molar-refractivity contribution < 1.29 is 29.0 Å². The number of carboxylic acid groups (broad SMARTS) is 1. The molecule has 0 saturated heterocycles. The number of rotatable bonds is 6. The lowest BCUT2D eigenvalue weighted by Gasteiger charge is -2.29. The summed E-state index contributed by atoms with van der Waals surface area (Å²) in [6.45, 7) is 2.97. The Hall–Kier alpha value is -3.29. The van der Waals surface area contributed by atoms with E-state index in [1.54, 1.807) is 26.0 Å². The number of halogens is 2. The minimum Gasteiger partial charge on any atom is -0.479 e. The van der Waals surface area contributed by atoms with Gasteiger partial charge in [0.2, 0.25) is 0 Å². The third kappa shape index (κ3) is 3.98. The Morgan fingerprint density at radius 3 is 2.36 bits per heavy atom. The minimum atomic E-state index is -1.18. The summed E-state index contributed by atoms with van der Waals surface area (Å²) in [7, 11) is 0. The molecule has 0 spiro atoms. The number of ketones is 1. The van der Waals surface area contributed by atoms with Crippen molar-refractivity contribution in [2.45, 2.75) is 19.8 Å². The molecule has 1 atom stereocenters. The maximum absolute atomic E-state index is 13.4. The lowest BCUT2D eigenvalue weighted by molar-refractivity contribution is -0.140. The molecule has 1 heterocycles. The largest absolute Gasteiger partial charge is 0.479 e. The topological polar surface area (TPSA) is 102 Å². The van der Waals surface area contributed by atoms with Crippen LogP contribution in [-0.4, -0.2) is 36.0 Å². The number of carbonyl (C=O) groups is 3. The molecule has 0 saturated carbocycles. The van der Waals surface area contributed by atoms with Gasteiger partial charge in [0.15, 0.2) is 18.1 Å². The Labute approximate surface area is 199 Å². The number of benzene rings is 2. The van der Waals surface area contributed by atoms with Gasteiger partial charge in [-0.2, -0.15) is 0 Å². The molecule has 7 nitrogen and oxygen atoms in total. The Morgan fingerprint density at radius 1 is 1.12 bits per heavy atom. The Balaban J connectivity index is 1.89. The van der Waals surface area contributed by atoms with Crippen molar-refractivity contribution >= 4 is 46.6 Å². The lowest BCUT2D eigenvalue weighted by atomic mass is 9.80. The van der Waals surface area contributed by atoms with E-state index in [0.29, 0.717) is 28.1 Å². The number of esters is 1. The number of ether oxygens (including phenoxy) is 2. The van der Waals surface area contributed by atoms with E-state index in [0.717, 1.165) is 5.56 Å². The SMILES string of the molecule is CCOC(=O)C1=C(C)NC2=C(C(=O)c3ccccc32)[C@H]1c1cc(Cl)c(OCC(=O)O)c(Cl)c1. The van der Waals surface area contributed by atoms with Crippen LogP contribution in [0.2, 0.25) is 10.0 Å². The van der Waals surface area contributed by atoms with Crippen molar-refractivity contribution in [1.29, 1.82) is 0 Å². The van der Waals surface area contributed by atoms with Gasteiger partial charge in [0, 0.05) is 28.3 Å². The van der Waals surface area contributed by atoms with Crippen LogP contribution >= 0.6 is 23.2 Å². The van der Waals surface area contributed by atoms with Crippen molar-refractivity contribution in [2.24, 2.45) is 0 Å². The van der Waals surface area contributed by atoms with E-state index < -0.39 is 24.5 Å². The number of Topliss-reactive ketones (excluding diaryl/α,β-unsaturated/α-hetero) is 1. The summed E-state index contributed by atoms with van der Waals surface area (Å²) in [6.07, 6.45) is 0. The maximum Gasteiger partial charge on any atom is 0.341 e. The van der Waals surface area contributed by atoms with Crippen molar-refractivity contribution in [3.63, 3.8) is 0 Å². The molecule has 2 N–H and O–H groups in total. The highest BCUT2D eigenvalue weighted by molar-refractivity contribution is 6.37. The first-order chi connectivity index (χ1) is 15.7. The van der Waals surface area contributed by atoms with Gasteiger partial charge in [-0.1, -0.05) is 47.5 Å². The summed E-state index contributed by atoms with van der Waals surface area (Å²) in [6, 6.07) is 10.2. The second kappa shape index (κ2) is 8.92. The fourth-order valence-electron chi connectivity index (χ4n) is 4.16. The van der Waals surface area contributed by atoms with Crippen molar-refractivity contribution in [3.05, 3.63) is 80.0 Å². The number of fused-ring (bicyclic) bond motifs is 2. The van der Waals surface area contributed by atoms with Crippen LogP contribution in [0.4, 0.5) is 0 Å². The second-order valence-electron chi connectivity index (χ2n) is 7.48. The molecule has 2 aromatic rings. The molecule has 0 amide bonds. The van der Waals surface area contributed by atoms with Crippen molar-refractivity contribution in [1.82, 2.24) is 5.32 Å². The van der Waals surface area contributed by atoms with Crippen LogP contribution in [0.1, 0.15) is 41.3 Å². The van der Waals surface area contributed by atoms with Crippen LogP contribution in [-0.2, 0) is 14.3 Å². The van der Waals surface area contributed by atoms with Crippen molar-refractivity contribution in [2.75, 3.05) is 13.2 Å². The van der Waals surface area contributed by atoms with E-state index in [9.17, 15) is 14.4 Å². The van der Waals surface area contributed by atoms with E-state index in [1.165, 1.54) is 12.1 Å². The molecule has 9 heteroatoms. The quantitative estimate of drug-likeness (QED) is 0.574. The van der Waals surface area contributed by atoms with Crippen LogP contribution in [0.15, 0.2) is 53.2 Å². The number of hydrogen-bond acceptors (Lipinski definition) is 6. The third-order valence-corrected chi connectivity index (χ3v) is 6.00. The standard InChI is InChI=1S/C24H19Cl2NO6/c1-3-32-24(31)18-11(2)27-21-13-6-4-5-7-14(13)22(30)20(21)19(18)12-8-15(25)23(16(26)9-12)33-10-17(28)29/h4-9,19,27H,3,10H2,1-2H3,(H,28,29)/t19-/m0/s1. The van der Waals surface area contributed by atoms with Gasteiger partial charge in [0.25, 0.3) is 0 Å². The predicted octanol–water partition coefficient (Wildman–Crippen LogP) is 4.59. The zero-order valence-corrected chi connectivity index (χ0v) is 19.2. The molecule has 0 unspecified atom stereocenters. The summed E-state index contributed by atoms with van der Waals surface area (Å²) in [4.78, 5) is 37.3. The van der Waals surface area contributed by atoms with Gasteiger partial charge in [-0.3, -0.25) is 4.79 Å². The highest BCUT2D eigenvalue weighted by atomic mass is 35.5. The Bertz CT molecular complexity index is 1240. The number of hydrogen-bond donors (Lipinski definition) is 2. The second-order valence-corrected chi connectivity index (χ2v) is 8.29. The molecule has 0 radical (unpaired) electrons. The minimum absolute atomic E-state index is 0.00652. The predicted molar refractivity (Wildman–Crippen MR) is 122 cm³/mol. The van der Waals surface area contributed by atoms with Gasteiger partial charge >= 0.3 is 11.9 Å². The monoisotopic (exact) mass is 487 g/mol. The van der Waals surface area contributed by atoms with Gasteiger partial charge in [0.1, 0.15) is 0 Å². The van der Waals surface area contributed by atoms with Gasteiger partial charge in [-0.05, 0) is 31.5 Å². The fraction of sp³-hybridized carbons (Fsp3) is 0.208. The molecular weight excluding hydrogens is 469 g/mol. The zero-order valence-electron chi connectivity index (χ0n) is 17.7. The van der Waals surface area contributed by atoms with Gasteiger partial charge < -0.3 is 19.9 Å². The average molecular weight is 488 g/mol. The van der Waals surface area contributed by atoms with Crippen LogP contribution in [0.25, 0.3) is 5.70 Å². The fourth-order valence-corrected chi connectivity index (χ4v) is 4.77. The molecule has 33 heavy (non-hydrogen) atoms. The summed E-state index contributed by atoms with van der Waals surface area (Å²) >= 11 is 12.8. The van der Waals surface area contributed by atoms with E-state index >= 15 is 0 Å². The van der Waals surface area contributed by atoms with Gasteiger partial charge in [-0.25, -0.2) is 9.59 Å². The molecule has 0 fully saturated rings. The summed E-state index contributed by atoms with van der Waals surface area (Å²) in [5.41, 5.74) is 3.55. The summed E-state index contributed by atoms with van der Waals surface area (Å²) in [5.74, 6) is -2.76. The van der Waals surface area contributed by atoms with E-state index in [1.807, 2.05) is 12.1 Å². The Morgan fingerprint density at radius 2 is 1.76 bits per heavy atom. The Kier molecular flexibility index (Phi) is 6.19. The van der Waals surface area contributed by atoms with Gasteiger partial charge in [0.05, 0.1) is 27.9 Å². The molecule has 1 aliphatic carbocycles. The molecule has 0 bridgehead atoms. The lowest BCUT2D eigenvalue weighted by Crippen LogP contribution is -2.29. The maximum atomic E-state index is 13.4. The average Bonchev–Trinajstić information content (AvgIpc) is 3.04. The zero-order chi connectivity index (χ0) is 23.9. The smallest absolute Gasteiger partial charge is 0.341 e. The molecular formula is C24H19Cl2NO6. The molecule has 0 aromatic heterocycles. The molecule has 2 aromatic carbocycles. The summed E-state index contributed by atoms with van der Waals surface area (Å²) < 4.78 is 10.5. The normalized spacial score (nSPS) is 16.8. The molecule has 2 aliphatic rings. The van der Waals surface area contributed by atoms with E-state index in [4.69, 9.17) is 37.8 Å². The highest BCUT2D eigenvalue weighted by Gasteiger charge is 2.43. The molecule has 4 rings (SSSR count). The van der Waals surface area contributed by atoms with E-state index in [2.05, 4.69) is 5.32 Å². The van der Waals surface area contributed by atoms with Gasteiger partial charge in [-0.15, -0.1) is 0 Å². The number of nitrogens with one attached hydrogen (secondary N) is 1.